The lowest BCUT2D eigenvalue weighted by molar-refractivity contribution is 0.0699. The van der Waals surface area contributed by atoms with Crippen LogP contribution in [0.3, 0.4) is 0 Å². The van der Waals surface area contributed by atoms with E-state index >= 15 is 0 Å². The number of pyridine rings is 1. The van der Waals surface area contributed by atoms with Crippen LogP contribution in [-0.4, -0.2) is 30.7 Å². The van der Waals surface area contributed by atoms with Crippen LogP contribution in [0.5, 0.6) is 0 Å². The van der Waals surface area contributed by atoms with Gasteiger partial charge in [-0.3, -0.25) is 4.98 Å². The molecule has 0 saturated heterocycles. The predicted octanol–water partition coefficient (Wildman–Crippen LogP) is 2.64. The quantitative estimate of drug-likeness (QED) is 0.919. The van der Waals surface area contributed by atoms with Gasteiger partial charge in [0.25, 0.3) is 0 Å². The van der Waals surface area contributed by atoms with Crippen LogP contribution in [0.25, 0.3) is 10.9 Å². The molecule has 1 N–H and O–H groups in total. The minimum Gasteiger partial charge on any atom is -0.478 e. The first kappa shape index (κ1) is 14.0. The molecule has 2 aromatic rings. The van der Waals surface area contributed by atoms with E-state index in [1.54, 1.807) is 0 Å². The summed E-state index contributed by atoms with van der Waals surface area (Å²) in [6.45, 7) is 0. The zero-order chi connectivity index (χ0) is 14.4. The average molecular weight is 320 g/mol. The van der Waals surface area contributed by atoms with E-state index in [0.717, 1.165) is 12.3 Å². The van der Waals surface area contributed by atoms with Gasteiger partial charge in [-0.1, -0.05) is 23.2 Å². The second-order valence-electron chi connectivity index (χ2n) is 3.86. The van der Waals surface area contributed by atoms with Crippen LogP contribution in [0.15, 0.2) is 23.2 Å². The Balaban J connectivity index is 3.07. The van der Waals surface area contributed by atoms with Crippen molar-refractivity contribution in [3.05, 3.63) is 33.9 Å². The fourth-order valence-electron chi connectivity index (χ4n) is 1.71. The van der Waals surface area contributed by atoms with Gasteiger partial charge in [0.05, 0.1) is 20.5 Å². The molecule has 2 rings (SSSR count). The normalized spacial score (nSPS) is 11.7. The summed E-state index contributed by atoms with van der Waals surface area (Å²) in [5.41, 5.74) is -0.259. The lowest BCUT2D eigenvalue weighted by Gasteiger charge is -2.09. The second-order valence-corrected chi connectivity index (χ2v) is 6.69. The van der Waals surface area contributed by atoms with Gasteiger partial charge in [0.1, 0.15) is 5.56 Å². The van der Waals surface area contributed by atoms with Crippen molar-refractivity contribution >= 4 is 49.9 Å². The van der Waals surface area contributed by atoms with Crippen molar-refractivity contribution < 1.29 is 18.3 Å². The molecular weight excluding hydrogens is 313 g/mol. The van der Waals surface area contributed by atoms with Crippen LogP contribution in [0, 0.1) is 0 Å². The molecule has 100 valence electrons. The topological polar surface area (TPSA) is 84.3 Å². The Bertz CT molecular complexity index is 802. The molecule has 0 aliphatic rings. The number of aromatic nitrogens is 1. The number of nitrogens with zero attached hydrogens (tertiary/aromatic N) is 1. The van der Waals surface area contributed by atoms with E-state index in [0.29, 0.717) is 0 Å². The highest BCUT2D eigenvalue weighted by molar-refractivity contribution is 7.91. The van der Waals surface area contributed by atoms with Crippen molar-refractivity contribution in [3.8, 4) is 0 Å². The van der Waals surface area contributed by atoms with E-state index in [1.807, 2.05) is 0 Å². The van der Waals surface area contributed by atoms with Gasteiger partial charge in [-0.2, -0.15) is 0 Å². The summed E-state index contributed by atoms with van der Waals surface area (Å²) >= 11 is 11.6. The van der Waals surface area contributed by atoms with Crippen molar-refractivity contribution in [2.75, 3.05) is 6.26 Å². The van der Waals surface area contributed by atoms with E-state index < -0.39 is 15.8 Å². The van der Waals surface area contributed by atoms with Crippen LogP contribution in [-0.2, 0) is 9.84 Å². The lowest BCUT2D eigenvalue weighted by Crippen LogP contribution is -2.05. The Hall–Kier alpha value is -1.37. The average Bonchev–Trinajstić information content (AvgIpc) is 2.26. The summed E-state index contributed by atoms with van der Waals surface area (Å²) in [4.78, 5) is 14.9. The molecule has 5 nitrogen and oxygen atoms in total. The van der Waals surface area contributed by atoms with Gasteiger partial charge in [0.2, 0.25) is 0 Å². The third kappa shape index (κ3) is 2.51. The summed E-state index contributed by atoms with van der Waals surface area (Å²) < 4.78 is 23.4. The molecule has 8 heteroatoms. The number of carbonyl (C=O) groups is 1. The highest BCUT2D eigenvalue weighted by Gasteiger charge is 2.22. The van der Waals surface area contributed by atoms with Gasteiger partial charge in [-0.05, 0) is 12.1 Å². The number of aromatic carboxylic acids is 1. The number of halogens is 2. The first-order chi connectivity index (χ1) is 8.71. The SMILES string of the molecule is CS(=O)(=O)c1cc(Cl)c(C(=O)O)c2ncc(Cl)cc12. The van der Waals surface area contributed by atoms with Crippen molar-refractivity contribution in [3.63, 3.8) is 0 Å². The minimum atomic E-state index is -3.59. The molecule has 0 atom stereocenters. The maximum absolute atomic E-state index is 11.7. The number of hydrogen-bond donors (Lipinski definition) is 1. The maximum atomic E-state index is 11.7. The molecule has 0 radical (unpaired) electrons. The molecule has 0 unspecified atom stereocenters. The number of sulfone groups is 1. The fraction of sp³-hybridized carbons (Fsp3) is 0.0909. The molecule has 19 heavy (non-hydrogen) atoms. The standard InChI is InChI=1S/C11H7Cl2NO4S/c1-19(17,18)8-3-7(13)9(11(15)16)10-6(8)2-5(12)4-14-10/h2-4H,1H3,(H,15,16). The third-order valence-electron chi connectivity index (χ3n) is 2.47. The van der Waals surface area contributed by atoms with E-state index in [9.17, 15) is 13.2 Å². The number of hydrogen-bond acceptors (Lipinski definition) is 4. The van der Waals surface area contributed by atoms with E-state index in [4.69, 9.17) is 28.3 Å². The maximum Gasteiger partial charge on any atom is 0.339 e. The molecule has 0 aliphatic heterocycles. The summed E-state index contributed by atoms with van der Waals surface area (Å²) in [7, 11) is -3.59. The smallest absolute Gasteiger partial charge is 0.339 e. The van der Waals surface area contributed by atoms with E-state index in [2.05, 4.69) is 4.98 Å². The van der Waals surface area contributed by atoms with Crippen molar-refractivity contribution in [1.29, 1.82) is 0 Å². The fourth-order valence-corrected chi connectivity index (χ4v) is 3.10. The second kappa shape index (κ2) is 4.63. The van der Waals surface area contributed by atoms with Gasteiger partial charge < -0.3 is 5.11 Å². The van der Waals surface area contributed by atoms with Crippen LogP contribution in [0.2, 0.25) is 10.0 Å². The number of benzene rings is 1. The van der Waals surface area contributed by atoms with Gasteiger partial charge in [-0.25, -0.2) is 13.2 Å². The summed E-state index contributed by atoms with van der Waals surface area (Å²) in [5, 5.41) is 9.28. The molecule has 0 bridgehead atoms. The summed E-state index contributed by atoms with van der Waals surface area (Å²) in [6, 6.07) is 2.45. The molecule has 0 spiro atoms. The molecule has 1 aromatic heterocycles. The highest BCUT2D eigenvalue weighted by atomic mass is 35.5. The molecule has 0 aliphatic carbocycles. The van der Waals surface area contributed by atoms with E-state index in [-0.39, 0.29) is 31.4 Å². The highest BCUT2D eigenvalue weighted by Crippen LogP contribution is 2.32. The first-order valence-electron chi connectivity index (χ1n) is 4.93. The summed E-state index contributed by atoms with van der Waals surface area (Å²) in [5.74, 6) is -1.29. The van der Waals surface area contributed by atoms with Gasteiger partial charge in [0.15, 0.2) is 9.84 Å². The van der Waals surface area contributed by atoms with Crippen molar-refractivity contribution in [1.82, 2.24) is 4.98 Å². The van der Waals surface area contributed by atoms with E-state index in [1.165, 1.54) is 12.3 Å². The Morgan fingerprint density at radius 2 is 1.95 bits per heavy atom. The van der Waals surface area contributed by atoms with Gasteiger partial charge in [0, 0.05) is 17.8 Å². The van der Waals surface area contributed by atoms with Crippen molar-refractivity contribution in [2.45, 2.75) is 4.90 Å². The number of rotatable bonds is 2. The molecule has 1 aromatic carbocycles. The van der Waals surface area contributed by atoms with Crippen LogP contribution in [0.1, 0.15) is 10.4 Å². The number of carboxylic acids is 1. The van der Waals surface area contributed by atoms with Gasteiger partial charge in [-0.15, -0.1) is 0 Å². The monoisotopic (exact) mass is 319 g/mol. The van der Waals surface area contributed by atoms with Gasteiger partial charge >= 0.3 is 5.97 Å². The number of fused-ring (bicyclic) bond motifs is 1. The third-order valence-corrected chi connectivity index (χ3v) is 4.11. The molecular formula is C11H7Cl2NO4S. The summed E-state index contributed by atoms with van der Waals surface area (Å²) in [6.07, 6.45) is 2.23. The lowest BCUT2D eigenvalue weighted by atomic mass is 10.1. The Morgan fingerprint density at radius 1 is 1.32 bits per heavy atom. The minimum absolute atomic E-state index is 0.00942. The molecule has 0 saturated carbocycles. The van der Waals surface area contributed by atoms with Crippen molar-refractivity contribution in [2.24, 2.45) is 0 Å². The Morgan fingerprint density at radius 3 is 2.47 bits per heavy atom. The largest absolute Gasteiger partial charge is 0.478 e. The molecule has 0 amide bonds. The predicted molar refractivity (Wildman–Crippen MR) is 71.8 cm³/mol. The molecule has 1 heterocycles. The van der Waals surface area contributed by atoms with Crippen LogP contribution >= 0.6 is 23.2 Å². The zero-order valence-corrected chi connectivity index (χ0v) is 11.8. The Labute approximate surface area is 118 Å². The molecule has 0 fully saturated rings. The number of carboxylic acid groups (broad SMARTS) is 1. The van der Waals surface area contributed by atoms with Crippen LogP contribution < -0.4 is 0 Å². The Kier molecular flexibility index (Phi) is 3.42. The zero-order valence-electron chi connectivity index (χ0n) is 9.52. The van der Waals surface area contributed by atoms with Crippen LogP contribution in [0.4, 0.5) is 0 Å². The first-order valence-corrected chi connectivity index (χ1v) is 7.57.